The summed E-state index contributed by atoms with van der Waals surface area (Å²) in [5, 5.41) is 27.3. The second-order valence-electron chi connectivity index (χ2n) is 3.11. The third kappa shape index (κ3) is 3.22. The van der Waals surface area contributed by atoms with E-state index >= 15 is 0 Å². The van der Waals surface area contributed by atoms with Crippen molar-refractivity contribution in [1.29, 1.82) is 0 Å². The summed E-state index contributed by atoms with van der Waals surface area (Å²) in [5.41, 5.74) is -2.18. The van der Waals surface area contributed by atoms with Crippen molar-refractivity contribution in [1.82, 2.24) is 0 Å². The summed E-state index contributed by atoms with van der Waals surface area (Å²) in [6, 6.07) is 0. The molecule has 3 atom stereocenters. The molecule has 5 heteroatoms. The van der Waals surface area contributed by atoms with Gasteiger partial charge in [0.25, 0.3) is 0 Å². The van der Waals surface area contributed by atoms with Crippen molar-refractivity contribution in [2.75, 3.05) is 0 Å². The van der Waals surface area contributed by atoms with Gasteiger partial charge in [-0.25, -0.2) is 0 Å². The molecule has 0 bridgehead atoms. The van der Waals surface area contributed by atoms with E-state index in [1.54, 1.807) is 0 Å². The van der Waals surface area contributed by atoms with Crippen molar-refractivity contribution in [3.63, 3.8) is 0 Å². The topological polar surface area (TPSA) is 94.8 Å². The van der Waals surface area contributed by atoms with Gasteiger partial charge in [-0.3, -0.25) is 9.59 Å². The Kier molecular flexibility index (Phi) is 4.19. The summed E-state index contributed by atoms with van der Waals surface area (Å²) in [5.74, 6) is -0.748. The molecule has 0 saturated carbocycles. The number of ketones is 1. The van der Waals surface area contributed by atoms with Gasteiger partial charge in [0, 0.05) is 6.42 Å². The van der Waals surface area contributed by atoms with E-state index in [4.69, 9.17) is 10.2 Å². The molecule has 0 aromatic carbocycles. The maximum Gasteiger partial charge on any atom is 0.180 e. The lowest BCUT2D eigenvalue weighted by atomic mass is 9.92. The molecule has 76 valence electrons. The minimum Gasteiger partial charge on any atom is -0.391 e. The average Bonchev–Trinajstić information content (AvgIpc) is 2.03. The van der Waals surface area contributed by atoms with Gasteiger partial charge in [0.1, 0.15) is 0 Å². The first-order chi connectivity index (χ1) is 5.83. The summed E-state index contributed by atoms with van der Waals surface area (Å²) < 4.78 is 0. The van der Waals surface area contributed by atoms with E-state index in [0.717, 1.165) is 6.92 Å². The Morgan fingerprint density at radius 1 is 1.54 bits per heavy atom. The largest absolute Gasteiger partial charge is 0.391 e. The van der Waals surface area contributed by atoms with Crippen molar-refractivity contribution in [3.05, 3.63) is 0 Å². The van der Waals surface area contributed by atoms with Crippen LogP contribution in [0.3, 0.4) is 0 Å². The molecule has 3 N–H and O–H groups in total. The molecule has 0 rings (SSSR count). The predicted molar refractivity (Wildman–Crippen MR) is 44.0 cm³/mol. The monoisotopic (exact) mass is 190 g/mol. The zero-order valence-electron chi connectivity index (χ0n) is 7.60. The van der Waals surface area contributed by atoms with E-state index < -0.39 is 30.0 Å². The summed E-state index contributed by atoms with van der Waals surface area (Å²) >= 11 is 0. The van der Waals surface area contributed by atoms with Crippen LogP contribution in [0.15, 0.2) is 0 Å². The molecule has 0 saturated heterocycles. The van der Waals surface area contributed by atoms with Crippen LogP contribution in [-0.4, -0.2) is 45.2 Å². The lowest BCUT2D eigenvalue weighted by Gasteiger charge is -2.23. The molecule has 0 fully saturated rings. The van der Waals surface area contributed by atoms with Crippen molar-refractivity contribution < 1.29 is 24.9 Å². The fraction of sp³-hybridized carbons (Fsp3) is 0.750. The zero-order valence-corrected chi connectivity index (χ0v) is 7.60. The highest BCUT2D eigenvalue weighted by molar-refractivity contribution is 5.99. The first-order valence-electron chi connectivity index (χ1n) is 3.89. The fourth-order valence-corrected chi connectivity index (χ4v) is 0.764. The van der Waals surface area contributed by atoms with Gasteiger partial charge >= 0.3 is 0 Å². The smallest absolute Gasteiger partial charge is 0.180 e. The van der Waals surface area contributed by atoms with Crippen molar-refractivity contribution >= 4 is 12.1 Å². The van der Waals surface area contributed by atoms with Crippen molar-refractivity contribution in [2.45, 2.75) is 38.1 Å². The van der Waals surface area contributed by atoms with Crippen LogP contribution in [0.1, 0.15) is 20.3 Å². The standard InChI is InChI=1S/C8H14O5/c1-5(10)7(12)3-8(13,4-9)6(2)11/h4-5,7,10,12-13H,3H2,1-2H3/t5-,7-,8-/m1/s1. The van der Waals surface area contributed by atoms with Crippen LogP contribution in [0, 0.1) is 0 Å². The molecule has 0 aliphatic carbocycles. The summed E-state index contributed by atoms with van der Waals surface area (Å²) in [7, 11) is 0. The quantitative estimate of drug-likeness (QED) is 0.367. The van der Waals surface area contributed by atoms with Crippen molar-refractivity contribution in [3.8, 4) is 0 Å². The maximum atomic E-state index is 10.8. The highest BCUT2D eigenvalue weighted by Crippen LogP contribution is 2.13. The summed E-state index contributed by atoms with van der Waals surface area (Å²) in [4.78, 5) is 21.1. The Hall–Kier alpha value is -0.780. The average molecular weight is 190 g/mol. The second kappa shape index (κ2) is 4.45. The minimum atomic E-state index is -2.18. The molecule has 0 aliphatic heterocycles. The number of aliphatic hydroxyl groups is 3. The third-order valence-corrected chi connectivity index (χ3v) is 1.88. The normalized spacial score (nSPS) is 20.1. The molecule has 0 aromatic heterocycles. The van der Waals surface area contributed by atoms with E-state index in [9.17, 15) is 14.7 Å². The third-order valence-electron chi connectivity index (χ3n) is 1.88. The van der Waals surface area contributed by atoms with E-state index in [1.807, 2.05) is 0 Å². The Labute approximate surface area is 76.0 Å². The van der Waals surface area contributed by atoms with Gasteiger partial charge in [-0.1, -0.05) is 0 Å². The summed E-state index contributed by atoms with van der Waals surface area (Å²) in [6.07, 6.45) is -2.80. The molecular weight excluding hydrogens is 176 g/mol. The molecule has 13 heavy (non-hydrogen) atoms. The number of carbonyl (C=O) groups is 2. The van der Waals surface area contributed by atoms with Gasteiger partial charge in [-0.15, -0.1) is 0 Å². The van der Waals surface area contributed by atoms with E-state index in [2.05, 4.69) is 0 Å². The van der Waals surface area contributed by atoms with E-state index in [0.29, 0.717) is 0 Å². The summed E-state index contributed by atoms with van der Waals surface area (Å²) in [6.45, 7) is 2.35. The highest BCUT2D eigenvalue weighted by Gasteiger charge is 2.35. The highest BCUT2D eigenvalue weighted by atomic mass is 16.3. The first kappa shape index (κ1) is 12.2. The van der Waals surface area contributed by atoms with Crippen LogP contribution >= 0.6 is 0 Å². The van der Waals surface area contributed by atoms with Gasteiger partial charge in [0.2, 0.25) is 0 Å². The molecule has 5 nitrogen and oxygen atoms in total. The molecule has 0 aromatic rings. The fourth-order valence-electron chi connectivity index (χ4n) is 0.764. The first-order valence-corrected chi connectivity index (χ1v) is 3.89. The van der Waals surface area contributed by atoms with Crippen LogP contribution in [0.5, 0.6) is 0 Å². The van der Waals surface area contributed by atoms with Crippen LogP contribution in [-0.2, 0) is 9.59 Å². The molecule has 0 aliphatic rings. The molecular formula is C8H14O5. The Balaban J connectivity index is 4.45. The van der Waals surface area contributed by atoms with Crippen molar-refractivity contribution in [2.24, 2.45) is 0 Å². The number of rotatable bonds is 5. The zero-order chi connectivity index (χ0) is 10.6. The van der Waals surface area contributed by atoms with Gasteiger partial charge in [-0.05, 0) is 13.8 Å². The Bertz CT molecular complexity index is 201. The minimum absolute atomic E-state index is 0.0704. The van der Waals surface area contributed by atoms with Gasteiger partial charge in [-0.2, -0.15) is 0 Å². The molecule has 0 radical (unpaired) electrons. The van der Waals surface area contributed by atoms with Crippen LogP contribution in [0.2, 0.25) is 0 Å². The van der Waals surface area contributed by atoms with Gasteiger partial charge < -0.3 is 15.3 Å². The number of hydrogen-bond donors (Lipinski definition) is 3. The molecule has 0 amide bonds. The van der Waals surface area contributed by atoms with Crippen LogP contribution in [0.25, 0.3) is 0 Å². The van der Waals surface area contributed by atoms with Crippen LogP contribution < -0.4 is 0 Å². The van der Waals surface area contributed by atoms with E-state index in [-0.39, 0.29) is 6.29 Å². The number of aldehydes is 1. The van der Waals surface area contributed by atoms with Gasteiger partial charge in [0.05, 0.1) is 12.2 Å². The SMILES string of the molecule is CC(=O)[C@](O)(C=O)C[C@@H](O)[C@@H](C)O. The molecule has 0 heterocycles. The maximum absolute atomic E-state index is 10.8. The van der Waals surface area contributed by atoms with Gasteiger partial charge in [0.15, 0.2) is 17.7 Å². The number of aliphatic hydroxyl groups excluding tert-OH is 2. The number of hydrogen-bond acceptors (Lipinski definition) is 5. The number of Topliss-reactive ketones (excluding diaryl/α,β-unsaturated/α-hetero) is 1. The lowest BCUT2D eigenvalue weighted by molar-refractivity contribution is -0.147. The lowest BCUT2D eigenvalue weighted by Crippen LogP contribution is -2.44. The number of carbonyl (C=O) groups excluding carboxylic acids is 2. The second-order valence-corrected chi connectivity index (χ2v) is 3.11. The molecule has 0 spiro atoms. The predicted octanol–water partition coefficient (Wildman–Crippen LogP) is -1.36. The van der Waals surface area contributed by atoms with Crippen LogP contribution in [0.4, 0.5) is 0 Å². The van der Waals surface area contributed by atoms with E-state index in [1.165, 1.54) is 6.92 Å². The Morgan fingerprint density at radius 2 is 2.00 bits per heavy atom. The Morgan fingerprint density at radius 3 is 2.23 bits per heavy atom. The molecule has 0 unspecified atom stereocenters.